The van der Waals surface area contributed by atoms with Crippen LogP contribution in [0.15, 0.2) is 0 Å². The third-order valence-electron chi connectivity index (χ3n) is 4.81. The highest BCUT2D eigenvalue weighted by Crippen LogP contribution is 2.40. The van der Waals surface area contributed by atoms with Crippen LogP contribution in [0.4, 0.5) is 0 Å². The molecular formula is C15H29N3O2. The fourth-order valence-corrected chi connectivity index (χ4v) is 3.43. The molecule has 1 aliphatic heterocycles. The number of hydrogen-bond donors (Lipinski definition) is 2. The zero-order valence-electron chi connectivity index (χ0n) is 13.0. The number of ether oxygens (including phenoxy) is 1. The number of rotatable bonds is 8. The van der Waals surface area contributed by atoms with Crippen LogP contribution >= 0.6 is 0 Å². The lowest BCUT2D eigenvalue weighted by Crippen LogP contribution is -2.64. The van der Waals surface area contributed by atoms with Gasteiger partial charge in [0.1, 0.15) is 5.54 Å². The van der Waals surface area contributed by atoms with E-state index in [0.717, 1.165) is 38.8 Å². The molecule has 1 saturated heterocycles. The van der Waals surface area contributed by atoms with Crippen molar-refractivity contribution in [2.75, 3.05) is 26.7 Å². The van der Waals surface area contributed by atoms with Crippen LogP contribution in [-0.2, 0) is 9.53 Å². The molecule has 2 fully saturated rings. The average Bonchev–Trinajstić information content (AvgIpc) is 3.16. The van der Waals surface area contributed by atoms with E-state index in [1.807, 2.05) is 0 Å². The second kappa shape index (κ2) is 6.41. The first kappa shape index (κ1) is 15.7. The van der Waals surface area contributed by atoms with Crippen molar-refractivity contribution in [3.63, 3.8) is 0 Å². The van der Waals surface area contributed by atoms with E-state index in [1.54, 1.807) is 0 Å². The molecule has 0 radical (unpaired) electrons. The maximum atomic E-state index is 12.1. The van der Waals surface area contributed by atoms with Gasteiger partial charge in [0, 0.05) is 19.2 Å². The number of carbonyl (C=O) groups is 1. The first-order valence-corrected chi connectivity index (χ1v) is 7.88. The zero-order valence-corrected chi connectivity index (χ0v) is 13.0. The smallest absolute Gasteiger partial charge is 0.239 e. The van der Waals surface area contributed by atoms with E-state index >= 15 is 0 Å². The van der Waals surface area contributed by atoms with Gasteiger partial charge >= 0.3 is 0 Å². The van der Waals surface area contributed by atoms with Crippen molar-refractivity contribution < 1.29 is 9.53 Å². The van der Waals surface area contributed by atoms with Gasteiger partial charge in [-0.05, 0) is 52.1 Å². The molecule has 2 aliphatic rings. The number of likely N-dealkylation sites (N-methyl/N-ethyl adjacent to an activating group) is 1. The Morgan fingerprint density at radius 2 is 2.15 bits per heavy atom. The predicted octanol–water partition coefficient (Wildman–Crippen LogP) is 0.729. The van der Waals surface area contributed by atoms with E-state index in [1.165, 1.54) is 0 Å². The number of nitrogens with two attached hydrogens (primary N) is 1. The SMILES string of the molecule is CCCNC(CN(C)C1CCOC1C)(C(N)=O)C1CC1. The number of primary amides is 1. The van der Waals surface area contributed by atoms with Crippen molar-refractivity contribution >= 4 is 5.91 Å². The molecule has 1 heterocycles. The summed E-state index contributed by atoms with van der Waals surface area (Å²) in [5, 5.41) is 3.46. The monoisotopic (exact) mass is 283 g/mol. The summed E-state index contributed by atoms with van der Waals surface area (Å²) in [6.07, 6.45) is 4.48. The highest BCUT2D eigenvalue weighted by molar-refractivity contribution is 5.86. The standard InChI is InChI=1S/C15H29N3O2/c1-4-8-17-15(14(16)19,12-5-6-12)10-18(3)13-7-9-20-11(13)2/h11-13,17H,4-10H2,1-3H3,(H2,16,19). The summed E-state index contributed by atoms with van der Waals surface area (Å²) >= 11 is 0. The molecule has 1 saturated carbocycles. The maximum Gasteiger partial charge on any atom is 0.239 e. The Kier molecular flexibility index (Phi) is 5.04. The lowest BCUT2D eigenvalue weighted by atomic mass is 9.90. The van der Waals surface area contributed by atoms with E-state index in [4.69, 9.17) is 10.5 Å². The molecule has 3 unspecified atom stereocenters. The maximum absolute atomic E-state index is 12.1. The van der Waals surface area contributed by atoms with Gasteiger partial charge in [-0.25, -0.2) is 0 Å². The molecule has 5 nitrogen and oxygen atoms in total. The number of nitrogens with one attached hydrogen (secondary N) is 1. The molecule has 116 valence electrons. The van der Waals surface area contributed by atoms with Gasteiger partial charge < -0.3 is 15.8 Å². The molecule has 0 aromatic carbocycles. The largest absolute Gasteiger partial charge is 0.377 e. The summed E-state index contributed by atoms with van der Waals surface area (Å²) in [7, 11) is 2.09. The highest BCUT2D eigenvalue weighted by Gasteiger charge is 2.50. The molecule has 2 rings (SSSR count). The van der Waals surface area contributed by atoms with E-state index < -0.39 is 5.54 Å². The molecule has 3 atom stereocenters. The minimum absolute atomic E-state index is 0.202. The van der Waals surface area contributed by atoms with Gasteiger partial charge in [-0.1, -0.05) is 6.92 Å². The van der Waals surface area contributed by atoms with Crippen LogP contribution in [-0.4, -0.2) is 55.2 Å². The minimum Gasteiger partial charge on any atom is -0.377 e. The Morgan fingerprint density at radius 1 is 1.45 bits per heavy atom. The van der Waals surface area contributed by atoms with Gasteiger partial charge in [-0.3, -0.25) is 9.69 Å². The lowest BCUT2D eigenvalue weighted by Gasteiger charge is -2.38. The quantitative estimate of drug-likeness (QED) is 0.689. The zero-order chi connectivity index (χ0) is 14.8. The van der Waals surface area contributed by atoms with Crippen LogP contribution in [0, 0.1) is 5.92 Å². The molecular weight excluding hydrogens is 254 g/mol. The molecule has 1 amide bonds. The summed E-state index contributed by atoms with van der Waals surface area (Å²) in [5.41, 5.74) is 5.21. The number of amides is 1. The fraction of sp³-hybridized carbons (Fsp3) is 0.933. The van der Waals surface area contributed by atoms with Crippen LogP contribution in [0.3, 0.4) is 0 Å². The second-order valence-corrected chi connectivity index (χ2v) is 6.38. The number of carbonyl (C=O) groups excluding carboxylic acids is 1. The minimum atomic E-state index is -0.562. The van der Waals surface area contributed by atoms with Gasteiger partial charge in [0.05, 0.1) is 6.10 Å². The molecule has 20 heavy (non-hydrogen) atoms. The van der Waals surface area contributed by atoms with Crippen molar-refractivity contribution in [1.29, 1.82) is 0 Å². The topological polar surface area (TPSA) is 67.6 Å². The average molecular weight is 283 g/mol. The first-order valence-electron chi connectivity index (χ1n) is 7.88. The van der Waals surface area contributed by atoms with Gasteiger partial charge in [0.15, 0.2) is 0 Å². The van der Waals surface area contributed by atoms with Gasteiger partial charge in [0.2, 0.25) is 5.91 Å². The Labute approximate surface area is 122 Å². The van der Waals surface area contributed by atoms with Crippen LogP contribution < -0.4 is 11.1 Å². The third kappa shape index (κ3) is 3.15. The summed E-state index contributed by atoms with van der Waals surface area (Å²) in [6.45, 7) is 6.56. The van der Waals surface area contributed by atoms with E-state index in [-0.39, 0.29) is 12.0 Å². The summed E-state index contributed by atoms with van der Waals surface area (Å²) in [6, 6.07) is 0.385. The Morgan fingerprint density at radius 3 is 2.60 bits per heavy atom. The Balaban J connectivity index is 2.07. The van der Waals surface area contributed by atoms with Crippen molar-refractivity contribution in [3.05, 3.63) is 0 Å². The second-order valence-electron chi connectivity index (χ2n) is 6.38. The molecule has 1 aliphatic carbocycles. The lowest BCUT2D eigenvalue weighted by molar-refractivity contribution is -0.126. The van der Waals surface area contributed by atoms with E-state index in [2.05, 4.69) is 31.1 Å². The van der Waals surface area contributed by atoms with Crippen LogP contribution in [0.25, 0.3) is 0 Å². The molecule has 3 N–H and O–H groups in total. The van der Waals surface area contributed by atoms with Crippen molar-refractivity contribution in [2.45, 2.75) is 57.2 Å². The Bertz CT molecular complexity index is 346. The fourth-order valence-electron chi connectivity index (χ4n) is 3.43. The predicted molar refractivity (Wildman–Crippen MR) is 79.4 cm³/mol. The van der Waals surface area contributed by atoms with Crippen LogP contribution in [0.2, 0.25) is 0 Å². The van der Waals surface area contributed by atoms with E-state index in [9.17, 15) is 4.79 Å². The number of nitrogens with zero attached hydrogens (tertiary/aromatic N) is 1. The molecule has 0 aromatic rings. The van der Waals surface area contributed by atoms with Crippen LogP contribution in [0.5, 0.6) is 0 Å². The van der Waals surface area contributed by atoms with Gasteiger partial charge in [-0.2, -0.15) is 0 Å². The molecule has 5 heteroatoms. The van der Waals surface area contributed by atoms with Crippen molar-refractivity contribution in [1.82, 2.24) is 10.2 Å². The molecule has 0 aromatic heterocycles. The normalized spacial score (nSPS) is 29.6. The van der Waals surface area contributed by atoms with Gasteiger partial charge in [0.25, 0.3) is 0 Å². The summed E-state index contributed by atoms with van der Waals surface area (Å²) in [5.74, 6) is 0.193. The van der Waals surface area contributed by atoms with Gasteiger partial charge in [-0.15, -0.1) is 0 Å². The summed E-state index contributed by atoms with van der Waals surface area (Å²) in [4.78, 5) is 14.4. The Hall–Kier alpha value is -0.650. The molecule has 0 spiro atoms. The van der Waals surface area contributed by atoms with E-state index in [0.29, 0.717) is 18.5 Å². The highest BCUT2D eigenvalue weighted by atomic mass is 16.5. The molecule has 0 bridgehead atoms. The first-order chi connectivity index (χ1) is 9.51. The third-order valence-corrected chi connectivity index (χ3v) is 4.81. The number of hydrogen-bond acceptors (Lipinski definition) is 4. The van der Waals surface area contributed by atoms with Crippen molar-refractivity contribution in [2.24, 2.45) is 11.7 Å². The van der Waals surface area contributed by atoms with Crippen LogP contribution in [0.1, 0.15) is 39.5 Å². The summed E-state index contributed by atoms with van der Waals surface area (Å²) < 4.78 is 5.64. The van der Waals surface area contributed by atoms with Crippen molar-refractivity contribution in [3.8, 4) is 0 Å².